The number of ether oxygens (including phenoxy) is 1. The number of esters is 1. The molecule has 0 atom stereocenters. The molecule has 1 N–H and O–H groups in total. The fourth-order valence-electron chi connectivity index (χ4n) is 1.76. The van der Waals surface area contributed by atoms with Crippen LogP contribution < -0.4 is 5.32 Å². The lowest BCUT2D eigenvalue weighted by Crippen LogP contribution is -2.21. The molecule has 2 aromatic rings. The lowest BCUT2D eigenvalue weighted by atomic mass is 10.2. The highest BCUT2D eigenvalue weighted by Gasteiger charge is 2.17. The minimum Gasteiger partial charge on any atom is -0.452 e. The van der Waals surface area contributed by atoms with Gasteiger partial charge in [-0.3, -0.25) is 4.79 Å². The fourth-order valence-corrected chi connectivity index (χ4v) is 2.40. The van der Waals surface area contributed by atoms with Crippen LogP contribution in [0.15, 0.2) is 41.3 Å². The zero-order valence-electron chi connectivity index (χ0n) is 12.4. The predicted octanol–water partition coefficient (Wildman–Crippen LogP) is 4.14. The van der Waals surface area contributed by atoms with Crippen molar-refractivity contribution in [1.29, 1.82) is 0 Å². The Morgan fingerprint density at radius 1 is 1.17 bits per heavy atom. The van der Waals surface area contributed by atoms with Crippen LogP contribution in [0.25, 0.3) is 0 Å². The molecule has 0 fully saturated rings. The van der Waals surface area contributed by atoms with Gasteiger partial charge in [-0.15, -0.1) is 11.8 Å². The van der Waals surface area contributed by atoms with Crippen molar-refractivity contribution < 1.29 is 23.1 Å². The molecule has 4 nitrogen and oxygen atoms in total. The van der Waals surface area contributed by atoms with Crippen LogP contribution in [0, 0.1) is 11.6 Å². The Morgan fingerprint density at radius 3 is 2.42 bits per heavy atom. The first kappa shape index (κ1) is 18.2. The number of hydrogen-bond donors (Lipinski definition) is 1. The number of benzene rings is 2. The third-order valence-electron chi connectivity index (χ3n) is 2.94. The zero-order chi connectivity index (χ0) is 17.7. The Labute approximate surface area is 146 Å². The van der Waals surface area contributed by atoms with Gasteiger partial charge in [0.1, 0.15) is 0 Å². The Morgan fingerprint density at radius 2 is 1.79 bits per heavy atom. The van der Waals surface area contributed by atoms with E-state index in [1.165, 1.54) is 0 Å². The minimum absolute atomic E-state index is 0.299. The van der Waals surface area contributed by atoms with Crippen LogP contribution in [0.1, 0.15) is 10.4 Å². The maximum absolute atomic E-state index is 13.1. The fraction of sp³-hybridized carbons (Fsp3) is 0.125. The SMILES string of the molecule is CSc1ccc(NC(=O)COC(=O)c2cc(F)c(F)cc2Cl)cc1. The molecule has 1 amide bonds. The molecule has 8 heteroatoms. The Balaban J connectivity index is 1.93. The molecule has 0 spiro atoms. The number of carbonyl (C=O) groups excluding carboxylic acids is 2. The van der Waals surface area contributed by atoms with Gasteiger partial charge in [0.15, 0.2) is 18.2 Å². The number of thioether (sulfide) groups is 1. The molecule has 0 radical (unpaired) electrons. The van der Waals surface area contributed by atoms with Crippen LogP contribution in [0.2, 0.25) is 5.02 Å². The van der Waals surface area contributed by atoms with Crippen molar-refractivity contribution in [3.8, 4) is 0 Å². The summed E-state index contributed by atoms with van der Waals surface area (Å²) in [6.45, 7) is -0.585. The summed E-state index contributed by atoms with van der Waals surface area (Å²) in [5, 5.41) is 2.24. The summed E-state index contributed by atoms with van der Waals surface area (Å²) in [6.07, 6.45) is 1.93. The van der Waals surface area contributed by atoms with Crippen LogP contribution in [0.3, 0.4) is 0 Å². The largest absolute Gasteiger partial charge is 0.452 e. The Hall–Kier alpha value is -2.12. The second kappa shape index (κ2) is 8.12. The average Bonchev–Trinajstić information content (AvgIpc) is 2.56. The van der Waals surface area contributed by atoms with E-state index in [1.54, 1.807) is 23.9 Å². The molecule has 126 valence electrons. The molecule has 0 bridgehead atoms. The first-order valence-corrected chi connectivity index (χ1v) is 8.26. The number of hydrogen-bond acceptors (Lipinski definition) is 4. The minimum atomic E-state index is -1.23. The molecule has 0 saturated heterocycles. The van der Waals surface area contributed by atoms with Crippen molar-refractivity contribution >= 4 is 40.9 Å². The van der Waals surface area contributed by atoms with Gasteiger partial charge in [0.05, 0.1) is 10.6 Å². The second-order valence-electron chi connectivity index (χ2n) is 4.60. The van der Waals surface area contributed by atoms with Crippen LogP contribution in [-0.4, -0.2) is 24.7 Å². The molecule has 0 heterocycles. The standard InChI is InChI=1S/C16H12ClF2NO3S/c1-24-10-4-2-9(3-5-10)20-15(21)8-23-16(22)11-6-13(18)14(19)7-12(11)17/h2-7H,8H2,1H3,(H,20,21). The van der Waals surface area contributed by atoms with Crippen LogP contribution in [-0.2, 0) is 9.53 Å². The van der Waals surface area contributed by atoms with Crippen LogP contribution in [0.5, 0.6) is 0 Å². The number of amides is 1. The maximum atomic E-state index is 13.1. The van der Waals surface area contributed by atoms with E-state index in [1.807, 2.05) is 18.4 Å². The van der Waals surface area contributed by atoms with E-state index in [4.69, 9.17) is 16.3 Å². The highest BCUT2D eigenvalue weighted by molar-refractivity contribution is 7.98. The van der Waals surface area contributed by atoms with Crippen LogP contribution in [0.4, 0.5) is 14.5 Å². The van der Waals surface area contributed by atoms with Crippen molar-refractivity contribution in [3.05, 3.63) is 58.6 Å². The van der Waals surface area contributed by atoms with E-state index >= 15 is 0 Å². The van der Waals surface area contributed by atoms with Gasteiger partial charge in [0.25, 0.3) is 5.91 Å². The molecule has 2 aromatic carbocycles. The number of anilines is 1. The van der Waals surface area contributed by atoms with Crippen molar-refractivity contribution in [2.45, 2.75) is 4.90 Å². The summed E-state index contributed by atoms with van der Waals surface area (Å²) < 4.78 is 30.9. The van der Waals surface area contributed by atoms with E-state index in [0.717, 1.165) is 4.90 Å². The molecule has 0 aliphatic rings. The molecule has 24 heavy (non-hydrogen) atoms. The van der Waals surface area contributed by atoms with Gasteiger partial charge in [0.2, 0.25) is 0 Å². The van der Waals surface area contributed by atoms with Gasteiger partial charge >= 0.3 is 5.97 Å². The first-order chi connectivity index (χ1) is 11.4. The third kappa shape index (κ3) is 4.69. The molecular weight excluding hydrogens is 360 g/mol. The molecular formula is C16H12ClF2NO3S. The molecule has 0 aromatic heterocycles. The lowest BCUT2D eigenvalue weighted by molar-refractivity contribution is -0.119. The van der Waals surface area contributed by atoms with Gasteiger partial charge in [-0.1, -0.05) is 11.6 Å². The van der Waals surface area contributed by atoms with Gasteiger partial charge in [-0.25, -0.2) is 13.6 Å². The zero-order valence-corrected chi connectivity index (χ0v) is 14.0. The topological polar surface area (TPSA) is 55.4 Å². The summed E-state index contributed by atoms with van der Waals surface area (Å²) in [4.78, 5) is 24.6. The predicted molar refractivity (Wildman–Crippen MR) is 88.5 cm³/mol. The monoisotopic (exact) mass is 371 g/mol. The van der Waals surface area contributed by atoms with E-state index in [2.05, 4.69) is 5.32 Å². The summed E-state index contributed by atoms with van der Waals surface area (Å²) >= 11 is 7.22. The van der Waals surface area contributed by atoms with Crippen LogP contribution >= 0.6 is 23.4 Å². The smallest absolute Gasteiger partial charge is 0.340 e. The number of halogens is 3. The molecule has 0 aliphatic carbocycles. The summed E-state index contributed by atoms with van der Waals surface area (Å²) in [7, 11) is 0. The van der Waals surface area contributed by atoms with Gasteiger partial charge in [-0.05, 0) is 42.7 Å². The Kier molecular flexibility index (Phi) is 6.16. The molecule has 0 saturated carbocycles. The van der Waals surface area contributed by atoms with E-state index in [9.17, 15) is 18.4 Å². The highest BCUT2D eigenvalue weighted by Crippen LogP contribution is 2.21. The number of rotatable bonds is 5. The van der Waals surface area contributed by atoms with Crippen molar-refractivity contribution in [1.82, 2.24) is 0 Å². The summed E-state index contributed by atoms with van der Waals surface area (Å²) in [6, 6.07) is 8.36. The summed E-state index contributed by atoms with van der Waals surface area (Å²) in [5.74, 6) is -4.00. The highest BCUT2D eigenvalue weighted by atomic mass is 35.5. The molecule has 2 rings (SSSR count). The summed E-state index contributed by atoms with van der Waals surface area (Å²) in [5.41, 5.74) is 0.187. The van der Waals surface area contributed by atoms with E-state index < -0.39 is 30.1 Å². The third-order valence-corrected chi connectivity index (χ3v) is 3.99. The molecule has 0 unspecified atom stereocenters. The normalized spacial score (nSPS) is 10.3. The van der Waals surface area contributed by atoms with Crippen molar-refractivity contribution in [3.63, 3.8) is 0 Å². The van der Waals surface area contributed by atoms with Gasteiger partial charge in [-0.2, -0.15) is 0 Å². The lowest BCUT2D eigenvalue weighted by Gasteiger charge is -2.08. The van der Waals surface area contributed by atoms with Gasteiger partial charge in [0, 0.05) is 10.6 Å². The van der Waals surface area contributed by atoms with Crippen molar-refractivity contribution in [2.75, 3.05) is 18.2 Å². The van der Waals surface area contributed by atoms with E-state index in [-0.39, 0.29) is 10.6 Å². The number of carbonyl (C=O) groups is 2. The number of nitrogens with one attached hydrogen (secondary N) is 1. The molecule has 0 aliphatic heterocycles. The second-order valence-corrected chi connectivity index (χ2v) is 5.89. The van der Waals surface area contributed by atoms with E-state index in [0.29, 0.717) is 17.8 Å². The Bertz CT molecular complexity index is 769. The van der Waals surface area contributed by atoms with Crippen molar-refractivity contribution in [2.24, 2.45) is 0 Å². The first-order valence-electron chi connectivity index (χ1n) is 6.66. The maximum Gasteiger partial charge on any atom is 0.340 e. The quantitative estimate of drug-likeness (QED) is 0.487. The average molecular weight is 372 g/mol. The van der Waals surface area contributed by atoms with Gasteiger partial charge < -0.3 is 10.1 Å².